The Morgan fingerprint density at radius 1 is 1.18 bits per heavy atom. The van der Waals surface area contributed by atoms with Crippen LogP contribution in [0.2, 0.25) is 0 Å². The Bertz CT molecular complexity index is 347. The van der Waals surface area contributed by atoms with Crippen molar-refractivity contribution in [3.8, 4) is 5.75 Å². The fourth-order valence-corrected chi connectivity index (χ4v) is 2.17. The van der Waals surface area contributed by atoms with E-state index in [1.54, 1.807) is 7.11 Å². The van der Waals surface area contributed by atoms with Crippen LogP contribution in [-0.2, 0) is 6.42 Å². The summed E-state index contributed by atoms with van der Waals surface area (Å²) in [5.41, 5.74) is 3.86. The second-order valence-corrected chi connectivity index (χ2v) is 4.63. The fraction of sp³-hybridized carbons (Fsp3) is 0.600. The van der Waals surface area contributed by atoms with Gasteiger partial charge < -0.3 is 10.1 Å². The lowest BCUT2D eigenvalue weighted by Crippen LogP contribution is -2.18. The van der Waals surface area contributed by atoms with E-state index in [1.165, 1.54) is 29.5 Å². The molecule has 0 aliphatic carbocycles. The highest BCUT2D eigenvalue weighted by molar-refractivity contribution is 5.43. The van der Waals surface area contributed by atoms with Gasteiger partial charge in [0.2, 0.25) is 0 Å². The summed E-state index contributed by atoms with van der Waals surface area (Å²) >= 11 is 0. The van der Waals surface area contributed by atoms with Gasteiger partial charge in [-0.15, -0.1) is 0 Å². The molecule has 0 amide bonds. The van der Waals surface area contributed by atoms with Gasteiger partial charge in [-0.3, -0.25) is 0 Å². The molecule has 0 aliphatic heterocycles. The zero-order chi connectivity index (χ0) is 12.7. The molecule has 0 aliphatic rings. The minimum Gasteiger partial charge on any atom is -0.496 e. The first-order valence-electron chi connectivity index (χ1n) is 6.53. The highest BCUT2D eigenvalue weighted by Crippen LogP contribution is 2.25. The lowest BCUT2D eigenvalue weighted by atomic mass is 10.0. The van der Waals surface area contributed by atoms with Crippen molar-refractivity contribution in [2.45, 2.75) is 40.0 Å². The number of hydrogen-bond acceptors (Lipinski definition) is 2. The van der Waals surface area contributed by atoms with Crippen molar-refractivity contribution in [1.29, 1.82) is 0 Å². The maximum Gasteiger partial charge on any atom is 0.125 e. The number of methoxy groups -OCH3 is 1. The Morgan fingerprint density at radius 3 is 2.59 bits per heavy atom. The monoisotopic (exact) mass is 235 g/mol. The summed E-state index contributed by atoms with van der Waals surface area (Å²) in [6.07, 6.45) is 3.54. The number of benzene rings is 1. The van der Waals surface area contributed by atoms with E-state index in [0.29, 0.717) is 0 Å². The molecule has 1 rings (SSSR count). The average Bonchev–Trinajstić information content (AvgIpc) is 2.28. The van der Waals surface area contributed by atoms with E-state index in [0.717, 1.165) is 25.3 Å². The van der Waals surface area contributed by atoms with E-state index in [-0.39, 0.29) is 0 Å². The van der Waals surface area contributed by atoms with E-state index in [9.17, 15) is 0 Å². The third-order valence-electron chi connectivity index (χ3n) is 2.98. The van der Waals surface area contributed by atoms with Gasteiger partial charge in [0.15, 0.2) is 0 Å². The highest BCUT2D eigenvalue weighted by Gasteiger charge is 2.06. The van der Waals surface area contributed by atoms with Crippen LogP contribution in [0.1, 0.15) is 36.5 Å². The first-order chi connectivity index (χ1) is 8.19. The molecule has 0 unspecified atom stereocenters. The summed E-state index contributed by atoms with van der Waals surface area (Å²) in [7, 11) is 1.76. The standard InChI is InChI=1S/C15H25NO/c1-5-6-8-16-9-7-14-11-12(2)10-13(3)15(14)17-4/h10-11,16H,5-9H2,1-4H3. The van der Waals surface area contributed by atoms with Gasteiger partial charge in [-0.25, -0.2) is 0 Å². The topological polar surface area (TPSA) is 21.3 Å². The molecule has 0 fully saturated rings. The van der Waals surface area contributed by atoms with E-state index in [2.05, 4.69) is 38.2 Å². The minimum absolute atomic E-state index is 1.03. The van der Waals surface area contributed by atoms with Crippen LogP contribution >= 0.6 is 0 Å². The first-order valence-corrected chi connectivity index (χ1v) is 6.53. The van der Waals surface area contributed by atoms with Crippen molar-refractivity contribution in [1.82, 2.24) is 5.32 Å². The molecule has 0 spiro atoms. The molecule has 2 heteroatoms. The Balaban J connectivity index is 2.57. The minimum atomic E-state index is 1.03. The fourth-order valence-electron chi connectivity index (χ4n) is 2.17. The van der Waals surface area contributed by atoms with Gasteiger partial charge in [-0.1, -0.05) is 31.0 Å². The number of rotatable bonds is 7. The zero-order valence-corrected chi connectivity index (χ0v) is 11.6. The van der Waals surface area contributed by atoms with Crippen molar-refractivity contribution < 1.29 is 4.74 Å². The number of aryl methyl sites for hydroxylation is 2. The van der Waals surface area contributed by atoms with E-state index < -0.39 is 0 Å². The lowest BCUT2D eigenvalue weighted by molar-refractivity contribution is 0.406. The largest absolute Gasteiger partial charge is 0.496 e. The predicted octanol–water partition coefficient (Wildman–Crippen LogP) is 3.24. The van der Waals surface area contributed by atoms with Gasteiger partial charge in [0.1, 0.15) is 5.75 Å². The summed E-state index contributed by atoms with van der Waals surface area (Å²) in [5.74, 6) is 1.05. The van der Waals surface area contributed by atoms with Crippen LogP contribution in [-0.4, -0.2) is 20.2 Å². The van der Waals surface area contributed by atoms with Crippen molar-refractivity contribution >= 4 is 0 Å². The summed E-state index contributed by atoms with van der Waals surface area (Å²) in [4.78, 5) is 0. The maximum atomic E-state index is 5.48. The molecule has 0 saturated heterocycles. The Hall–Kier alpha value is -1.02. The molecule has 0 aromatic heterocycles. The van der Waals surface area contributed by atoms with Crippen LogP contribution in [0.5, 0.6) is 5.75 Å². The predicted molar refractivity (Wildman–Crippen MR) is 73.9 cm³/mol. The Kier molecular flexibility index (Phi) is 6.06. The zero-order valence-electron chi connectivity index (χ0n) is 11.6. The van der Waals surface area contributed by atoms with Crippen molar-refractivity contribution in [3.63, 3.8) is 0 Å². The SMILES string of the molecule is CCCCNCCc1cc(C)cc(C)c1OC. The van der Waals surface area contributed by atoms with Crippen LogP contribution in [0.25, 0.3) is 0 Å². The lowest BCUT2D eigenvalue weighted by Gasteiger charge is -2.13. The number of unbranched alkanes of at least 4 members (excludes halogenated alkanes) is 1. The van der Waals surface area contributed by atoms with Gasteiger partial charge >= 0.3 is 0 Å². The van der Waals surface area contributed by atoms with Crippen LogP contribution in [0, 0.1) is 13.8 Å². The van der Waals surface area contributed by atoms with Gasteiger partial charge in [0.05, 0.1) is 7.11 Å². The van der Waals surface area contributed by atoms with Gasteiger partial charge in [-0.05, 0) is 50.9 Å². The first kappa shape index (κ1) is 14.0. The van der Waals surface area contributed by atoms with Crippen LogP contribution in [0.4, 0.5) is 0 Å². The molecule has 2 nitrogen and oxygen atoms in total. The molecule has 0 radical (unpaired) electrons. The van der Waals surface area contributed by atoms with Crippen molar-refractivity contribution in [3.05, 3.63) is 28.8 Å². The molecule has 0 saturated carbocycles. The number of ether oxygens (including phenoxy) is 1. The maximum absolute atomic E-state index is 5.48. The molecular weight excluding hydrogens is 210 g/mol. The second kappa shape index (κ2) is 7.33. The molecule has 96 valence electrons. The number of hydrogen-bond donors (Lipinski definition) is 1. The molecule has 1 N–H and O–H groups in total. The molecular formula is C15H25NO. The molecule has 17 heavy (non-hydrogen) atoms. The molecule has 1 aromatic carbocycles. The highest BCUT2D eigenvalue weighted by atomic mass is 16.5. The van der Waals surface area contributed by atoms with Gasteiger partial charge in [0, 0.05) is 0 Å². The van der Waals surface area contributed by atoms with Gasteiger partial charge in [-0.2, -0.15) is 0 Å². The average molecular weight is 235 g/mol. The Labute approximate surface area is 105 Å². The Morgan fingerprint density at radius 2 is 1.94 bits per heavy atom. The van der Waals surface area contributed by atoms with Crippen LogP contribution < -0.4 is 10.1 Å². The quantitative estimate of drug-likeness (QED) is 0.733. The van der Waals surface area contributed by atoms with Crippen molar-refractivity contribution in [2.24, 2.45) is 0 Å². The van der Waals surface area contributed by atoms with Crippen molar-refractivity contribution in [2.75, 3.05) is 20.2 Å². The summed E-state index contributed by atoms with van der Waals surface area (Å²) < 4.78 is 5.48. The summed E-state index contributed by atoms with van der Waals surface area (Å²) in [6.45, 7) is 8.61. The van der Waals surface area contributed by atoms with E-state index in [1.807, 2.05) is 0 Å². The van der Waals surface area contributed by atoms with Gasteiger partial charge in [0.25, 0.3) is 0 Å². The normalized spacial score (nSPS) is 10.6. The molecule has 0 atom stereocenters. The van der Waals surface area contributed by atoms with Crippen LogP contribution in [0.3, 0.4) is 0 Å². The molecule has 0 heterocycles. The van der Waals surface area contributed by atoms with E-state index >= 15 is 0 Å². The van der Waals surface area contributed by atoms with Crippen LogP contribution in [0.15, 0.2) is 12.1 Å². The second-order valence-electron chi connectivity index (χ2n) is 4.63. The number of nitrogens with one attached hydrogen (secondary N) is 1. The smallest absolute Gasteiger partial charge is 0.125 e. The summed E-state index contributed by atoms with van der Waals surface area (Å²) in [6, 6.07) is 4.40. The molecule has 1 aromatic rings. The van der Waals surface area contributed by atoms with E-state index in [4.69, 9.17) is 4.74 Å². The third-order valence-corrected chi connectivity index (χ3v) is 2.98. The summed E-state index contributed by atoms with van der Waals surface area (Å²) in [5, 5.41) is 3.47. The molecule has 0 bridgehead atoms. The third kappa shape index (κ3) is 4.39.